The van der Waals surface area contributed by atoms with Gasteiger partial charge in [-0.3, -0.25) is 5.73 Å². The number of carboxylic acid groups (broad SMARTS) is 1. The first-order valence-corrected chi connectivity index (χ1v) is 12.8. The zero-order valence-electron chi connectivity index (χ0n) is 20.2. The number of nitrogens with zero attached hydrogens (tertiary/aromatic N) is 2. The summed E-state index contributed by atoms with van der Waals surface area (Å²) in [4.78, 5) is 15.5. The fourth-order valence-electron chi connectivity index (χ4n) is 4.31. The Balaban J connectivity index is 2.01. The lowest BCUT2D eigenvalue weighted by molar-refractivity contribution is -0.808. The quantitative estimate of drug-likeness (QED) is 0.155. The van der Waals surface area contributed by atoms with Gasteiger partial charge in [0.2, 0.25) is 5.84 Å². The maximum atomic E-state index is 11.2. The lowest BCUT2D eigenvalue weighted by atomic mass is 10.0. The Labute approximate surface area is 191 Å². The van der Waals surface area contributed by atoms with Crippen LogP contribution < -0.4 is 10.8 Å². The van der Waals surface area contributed by atoms with Crippen molar-refractivity contribution < 1.29 is 14.4 Å². The predicted molar refractivity (Wildman–Crippen MR) is 129 cm³/mol. The molecule has 5 nitrogen and oxygen atoms in total. The van der Waals surface area contributed by atoms with E-state index in [1.807, 2.05) is 6.92 Å². The van der Waals surface area contributed by atoms with Gasteiger partial charge in [0.05, 0.1) is 12.2 Å². The van der Waals surface area contributed by atoms with Crippen LogP contribution in [0.2, 0.25) is 0 Å². The van der Waals surface area contributed by atoms with Crippen LogP contribution in [0.5, 0.6) is 0 Å². The van der Waals surface area contributed by atoms with E-state index in [1.54, 1.807) is 12.4 Å². The van der Waals surface area contributed by atoms with Crippen LogP contribution in [0.15, 0.2) is 29.5 Å². The SMILES string of the molecule is CCCCCCCCCCCCCCC/C=C/CCC1=NC=C[N+]1(CC(=O)[O-])C(C)N. The number of aliphatic carboxylic acids is 1. The normalized spacial score (nSPS) is 19.3. The van der Waals surface area contributed by atoms with Crippen LogP contribution in [0.4, 0.5) is 0 Å². The molecule has 0 fully saturated rings. The molecule has 1 aliphatic heterocycles. The number of rotatable bonds is 20. The lowest BCUT2D eigenvalue weighted by Gasteiger charge is -2.36. The van der Waals surface area contributed by atoms with Crippen LogP contribution in [0, 0.1) is 0 Å². The molecule has 0 aromatic heterocycles. The van der Waals surface area contributed by atoms with Crippen LogP contribution in [0.25, 0.3) is 0 Å². The Hall–Kier alpha value is -1.46. The zero-order valence-corrected chi connectivity index (χ0v) is 20.2. The van der Waals surface area contributed by atoms with Gasteiger partial charge in [-0.25, -0.2) is 9.48 Å². The van der Waals surface area contributed by atoms with Crippen molar-refractivity contribution in [2.24, 2.45) is 10.7 Å². The molecule has 0 aromatic carbocycles. The molecule has 0 saturated carbocycles. The molecule has 2 atom stereocenters. The van der Waals surface area contributed by atoms with Crippen LogP contribution in [0.3, 0.4) is 0 Å². The molecule has 0 amide bonds. The lowest BCUT2D eigenvalue weighted by Crippen LogP contribution is -2.60. The largest absolute Gasteiger partial charge is 0.544 e. The van der Waals surface area contributed by atoms with Gasteiger partial charge < -0.3 is 9.90 Å². The minimum absolute atomic E-state index is 0.0784. The highest BCUT2D eigenvalue weighted by Gasteiger charge is 2.38. The molecule has 0 spiro atoms. The van der Waals surface area contributed by atoms with Crippen LogP contribution >= 0.6 is 0 Å². The van der Waals surface area contributed by atoms with Crippen molar-refractivity contribution in [2.45, 2.75) is 123 Å². The third-order valence-corrected chi connectivity index (χ3v) is 6.33. The summed E-state index contributed by atoms with van der Waals surface area (Å²) in [5.41, 5.74) is 6.07. The van der Waals surface area contributed by atoms with Gasteiger partial charge >= 0.3 is 0 Å². The number of nitrogens with two attached hydrogens (primary N) is 1. The smallest absolute Gasteiger partial charge is 0.209 e. The van der Waals surface area contributed by atoms with E-state index in [2.05, 4.69) is 24.1 Å². The van der Waals surface area contributed by atoms with Gasteiger partial charge in [0, 0.05) is 13.3 Å². The van der Waals surface area contributed by atoms with Gasteiger partial charge in [0.15, 0.2) is 0 Å². The van der Waals surface area contributed by atoms with E-state index < -0.39 is 5.97 Å². The van der Waals surface area contributed by atoms with Crippen molar-refractivity contribution in [3.8, 4) is 0 Å². The highest BCUT2D eigenvalue weighted by Crippen LogP contribution is 2.22. The molecule has 1 rings (SSSR count). The number of unbranched alkanes of at least 4 members (excludes halogenated alkanes) is 13. The summed E-state index contributed by atoms with van der Waals surface area (Å²) in [5, 5.41) is 11.2. The van der Waals surface area contributed by atoms with Gasteiger partial charge in [-0.15, -0.1) is 0 Å². The van der Waals surface area contributed by atoms with Crippen LogP contribution in [-0.2, 0) is 4.79 Å². The summed E-state index contributed by atoms with van der Waals surface area (Å²) in [6.07, 6.45) is 28.2. The zero-order chi connectivity index (χ0) is 22.8. The summed E-state index contributed by atoms with van der Waals surface area (Å²) in [5.74, 6) is -0.292. The third kappa shape index (κ3) is 11.6. The van der Waals surface area contributed by atoms with Gasteiger partial charge in [0.25, 0.3) is 0 Å². The van der Waals surface area contributed by atoms with E-state index in [9.17, 15) is 9.90 Å². The molecular weight excluding hydrogens is 386 g/mol. The van der Waals surface area contributed by atoms with Gasteiger partial charge in [-0.05, 0) is 19.3 Å². The number of allylic oxidation sites excluding steroid dienone is 2. The Morgan fingerprint density at radius 3 is 2.00 bits per heavy atom. The maximum absolute atomic E-state index is 11.2. The minimum Gasteiger partial charge on any atom is -0.544 e. The van der Waals surface area contributed by atoms with Gasteiger partial charge in [0.1, 0.15) is 18.9 Å². The summed E-state index contributed by atoms with van der Waals surface area (Å²) >= 11 is 0. The standard InChI is InChI=1S/C26H47N3O2/c1-3-4-5-6-7-8-9-10-11-12-13-14-15-16-17-18-19-20-25-28-21-22-29(25,24(2)27)23-26(30)31/h17-18,21-22,24H,3-16,19-20,23,27H2,1-2H3/b18-17+. The second-order valence-corrected chi connectivity index (χ2v) is 9.09. The number of amidine groups is 1. The number of hydrogen-bond donors (Lipinski definition) is 1. The average molecular weight is 434 g/mol. The van der Waals surface area contributed by atoms with Crippen LogP contribution in [0.1, 0.15) is 117 Å². The second kappa shape index (κ2) is 17.1. The van der Waals surface area contributed by atoms with E-state index >= 15 is 0 Å². The number of aliphatic imine (C=N–C) groups is 1. The Morgan fingerprint density at radius 2 is 1.48 bits per heavy atom. The summed E-state index contributed by atoms with van der Waals surface area (Å²) in [7, 11) is 0. The predicted octanol–water partition coefficient (Wildman–Crippen LogP) is 5.56. The Bertz CT molecular complexity index is 569. The topological polar surface area (TPSA) is 78.5 Å². The molecule has 0 aliphatic carbocycles. The Morgan fingerprint density at radius 1 is 0.968 bits per heavy atom. The summed E-state index contributed by atoms with van der Waals surface area (Å²) in [6.45, 7) is 3.94. The number of carbonyl (C=O) groups is 1. The summed E-state index contributed by atoms with van der Waals surface area (Å²) in [6, 6.07) is 0. The first-order valence-electron chi connectivity index (χ1n) is 12.8. The van der Waals surface area contributed by atoms with Crippen molar-refractivity contribution >= 4 is 11.8 Å². The van der Waals surface area contributed by atoms with Crippen molar-refractivity contribution in [1.82, 2.24) is 0 Å². The summed E-state index contributed by atoms with van der Waals surface area (Å²) < 4.78 is 0.0784. The van der Waals surface area contributed by atoms with E-state index in [-0.39, 0.29) is 17.2 Å². The maximum Gasteiger partial charge on any atom is 0.209 e. The van der Waals surface area contributed by atoms with Crippen molar-refractivity contribution in [3.63, 3.8) is 0 Å². The van der Waals surface area contributed by atoms with Crippen LogP contribution in [-0.4, -0.2) is 29.0 Å². The number of quaternary nitrogens is 1. The molecule has 178 valence electrons. The second-order valence-electron chi connectivity index (χ2n) is 9.09. The van der Waals surface area contributed by atoms with Crippen molar-refractivity contribution in [2.75, 3.05) is 6.54 Å². The molecule has 5 heteroatoms. The van der Waals surface area contributed by atoms with Gasteiger partial charge in [-0.1, -0.05) is 96.1 Å². The molecule has 0 saturated heterocycles. The first kappa shape index (κ1) is 27.6. The molecule has 2 unspecified atom stereocenters. The molecule has 1 heterocycles. The van der Waals surface area contributed by atoms with E-state index in [0.717, 1.165) is 25.1 Å². The van der Waals surface area contributed by atoms with Crippen molar-refractivity contribution in [1.29, 1.82) is 0 Å². The Kier molecular flexibility index (Phi) is 15.2. The molecule has 0 radical (unpaired) electrons. The highest BCUT2D eigenvalue weighted by molar-refractivity contribution is 5.81. The molecule has 31 heavy (non-hydrogen) atoms. The minimum atomic E-state index is -1.10. The molecule has 1 aliphatic rings. The highest BCUT2D eigenvalue weighted by atomic mass is 16.4. The fourth-order valence-corrected chi connectivity index (χ4v) is 4.31. The first-order chi connectivity index (χ1) is 15.0. The molecule has 2 N–H and O–H groups in total. The molecular formula is C26H47N3O2. The number of hydrogen-bond acceptors (Lipinski definition) is 4. The fraction of sp³-hybridized carbons (Fsp3) is 0.769. The number of carboxylic acids is 1. The van der Waals surface area contributed by atoms with Gasteiger partial charge in [-0.2, -0.15) is 0 Å². The average Bonchev–Trinajstić information content (AvgIpc) is 3.13. The molecule has 0 bridgehead atoms. The third-order valence-electron chi connectivity index (χ3n) is 6.33. The van der Waals surface area contributed by atoms with Crippen molar-refractivity contribution in [3.05, 3.63) is 24.6 Å². The monoisotopic (exact) mass is 433 g/mol. The number of carbonyl (C=O) groups excluding carboxylic acids is 1. The van der Waals surface area contributed by atoms with E-state index in [0.29, 0.717) is 0 Å². The van der Waals surface area contributed by atoms with E-state index in [1.165, 1.54) is 83.5 Å². The molecule has 0 aromatic rings. The van der Waals surface area contributed by atoms with E-state index in [4.69, 9.17) is 5.73 Å².